The molecule has 1 aliphatic heterocycles. The van der Waals surface area contributed by atoms with Gasteiger partial charge < -0.3 is 9.47 Å². The number of fused-ring (bicyclic) bond motifs is 1. The van der Waals surface area contributed by atoms with Gasteiger partial charge in [0.05, 0.1) is 12.5 Å². The first-order valence-corrected chi connectivity index (χ1v) is 6.41. The maximum Gasteiger partial charge on any atom is 0.141 e. The van der Waals surface area contributed by atoms with Crippen LogP contribution in [-0.2, 0) is 9.47 Å². The zero-order valence-electron chi connectivity index (χ0n) is 10.3. The zero-order valence-corrected chi connectivity index (χ0v) is 10.3. The summed E-state index contributed by atoms with van der Waals surface area (Å²) in [6.07, 6.45) is 11.8. The third-order valence-electron chi connectivity index (χ3n) is 3.26. The Morgan fingerprint density at radius 2 is 1.56 bits per heavy atom. The number of hydrogen-bond acceptors (Lipinski definition) is 2. The van der Waals surface area contributed by atoms with Gasteiger partial charge in [-0.15, -0.1) is 0 Å². The van der Waals surface area contributed by atoms with Crippen molar-refractivity contribution in [2.45, 2.75) is 25.7 Å². The van der Waals surface area contributed by atoms with E-state index in [0.29, 0.717) is 0 Å². The molecule has 1 heterocycles. The molecule has 18 heavy (non-hydrogen) atoms. The SMILES string of the molecule is C1=COC2=C(CCCC2)OC=c2ccccc2=C1. The second-order valence-electron chi connectivity index (χ2n) is 4.53. The van der Waals surface area contributed by atoms with Crippen molar-refractivity contribution in [3.63, 3.8) is 0 Å². The van der Waals surface area contributed by atoms with Crippen LogP contribution in [0.3, 0.4) is 0 Å². The Hall–Kier alpha value is -1.96. The summed E-state index contributed by atoms with van der Waals surface area (Å²) in [4.78, 5) is 0. The number of hydrogen-bond donors (Lipinski definition) is 0. The third-order valence-corrected chi connectivity index (χ3v) is 3.26. The molecule has 92 valence electrons. The highest BCUT2D eigenvalue weighted by atomic mass is 16.5. The van der Waals surface area contributed by atoms with Gasteiger partial charge in [0.1, 0.15) is 11.5 Å². The normalized spacial score (nSPS) is 18.4. The van der Waals surface area contributed by atoms with Gasteiger partial charge in [-0.1, -0.05) is 30.3 Å². The van der Waals surface area contributed by atoms with Crippen LogP contribution in [0.2, 0.25) is 0 Å². The number of benzene rings is 1. The lowest BCUT2D eigenvalue weighted by Gasteiger charge is -2.18. The summed E-state index contributed by atoms with van der Waals surface area (Å²) >= 11 is 0. The molecule has 1 aromatic rings. The van der Waals surface area contributed by atoms with Crippen LogP contribution >= 0.6 is 0 Å². The Morgan fingerprint density at radius 3 is 2.39 bits per heavy atom. The lowest BCUT2D eigenvalue weighted by Crippen LogP contribution is -2.24. The highest BCUT2D eigenvalue weighted by molar-refractivity contribution is 5.38. The molecule has 0 amide bonds. The van der Waals surface area contributed by atoms with Gasteiger partial charge in [0.25, 0.3) is 0 Å². The van der Waals surface area contributed by atoms with E-state index in [9.17, 15) is 0 Å². The first kappa shape index (κ1) is 11.1. The van der Waals surface area contributed by atoms with Gasteiger partial charge >= 0.3 is 0 Å². The molecule has 0 aromatic heterocycles. The van der Waals surface area contributed by atoms with Crippen molar-refractivity contribution in [2.75, 3.05) is 0 Å². The van der Waals surface area contributed by atoms with E-state index >= 15 is 0 Å². The Bertz CT molecular complexity index is 608. The highest BCUT2D eigenvalue weighted by Crippen LogP contribution is 2.26. The number of rotatable bonds is 0. The topological polar surface area (TPSA) is 18.5 Å². The molecule has 0 bridgehead atoms. The van der Waals surface area contributed by atoms with Crippen molar-refractivity contribution in [2.24, 2.45) is 0 Å². The molecule has 0 saturated heterocycles. The summed E-state index contributed by atoms with van der Waals surface area (Å²) < 4.78 is 11.5. The molecule has 0 radical (unpaired) electrons. The third kappa shape index (κ3) is 2.33. The van der Waals surface area contributed by atoms with Crippen molar-refractivity contribution >= 4 is 12.3 Å². The van der Waals surface area contributed by atoms with E-state index in [1.54, 1.807) is 6.26 Å². The maximum atomic E-state index is 5.82. The fraction of sp³-hybridized carbons (Fsp3) is 0.250. The van der Waals surface area contributed by atoms with Crippen LogP contribution in [0.15, 0.2) is 48.1 Å². The van der Waals surface area contributed by atoms with Crippen LogP contribution in [0.4, 0.5) is 0 Å². The van der Waals surface area contributed by atoms with Crippen LogP contribution < -0.4 is 10.4 Å². The summed E-state index contributed by atoms with van der Waals surface area (Å²) in [5.74, 6) is 1.95. The highest BCUT2D eigenvalue weighted by Gasteiger charge is 2.14. The number of allylic oxidation sites excluding steroid dienone is 3. The molecule has 2 nitrogen and oxygen atoms in total. The van der Waals surface area contributed by atoms with E-state index in [-0.39, 0.29) is 0 Å². The van der Waals surface area contributed by atoms with Crippen molar-refractivity contribution < 1.29 is 9.47 Å². The molecule has 0 spiro atoms. The fourth-order valence-corrected chi connectivity index (χ4v) is 2.27. The standard InChI is InChI=1S/C16H16O2/c1-2-7-14-12-18-16-10-4-3-9-15(16)17-11-5-8-13(14)6-1/h1-2,5-8,11-12H,3-4,9-10H2. The summed E-state index contributed by atoms with van der Waals surface area (Å²) in [5, 5.41) is 2.23. The van der Waals surface area contributed by atoms with Gasteiger partial charge in [-0.05, 0) is 24.1 Å². The van der Waals surface area contributed by atoms with Gasteiger partial charge in [-0.3, -0.25) is 0 Å². The second kappa shape index (κ2) is 5.13. The van der Waals surface area contributed by atoms with Crippen molar-refractivity contribution in [1.29, 1.82) is 0 Å². The van der Waals surface area contributed by atoms with E-state index in [4.69, 9.17) is 9.47 Å². The zero-order chi connectivity index (χ0) is 12.2. The molecule has 1 aromatic carbocycles. The Labute approximate surface area is 107 Å². The average molecular weight is 240 g/mol. The minimum Gasteiger partial charge on any atom is -0.466 e. The first-order chi connectivity index (χ1) is 8.93. The van der Waals surface area contributed by atoms with Crippen LogP contribution in [0, 0.1) is 0 Å². The van der Waals surface area contributed by atoms with Gasteiger partial charge in [-0.25, -0.2) is 0 Å². The molecule has 0 saturated carbocycles. The molecule has 0 N–H and O–H groups in total. The molecular weight excluding hydrogens is 224 g/mol. The van der Waals surface area contributed by atoms with Crippen molar-refractivity contribution in [3.05, 3.63) is 58.6 Å². The minimum absolute atomic E-state index is 0.964. The monoisotopic (exact) mass is 240 g/mol. The minimum atomic E-state index is 0.964. The Kier molecular flexibility index (Phi) is 3.18. The number of ether oxygens (including phenoxy) is 2. The fourth-order valence-electron chi connectivity index (χ4n) is 2.27. The quantitative estimate of drug-likeness (QED) is 0.694. The second-order valence-corrected chi connectivity index (χ2v) is 4.53. The molecule has 2 heteroatoms. The molecule has 1 aliphatic carbocycles. The van der Waals surface area contributed by atoms with Crippen LogP contribution in [0.5, 0.6) is 0 Å². The summed E-state index contributed by atoms with van der Waals surface area (Å²) in [5.41, 5.74) is 0. The summed E-state index contributed by atoms with van der Waals surface area (Å²) in [6, 6.07) is 8.17. The summed E-state index contributed by atoms with van der Waals surface area (Å²) in [6.45, 7) is 0. The van der Waals surface area contributed by atoms with Gasteiger partial charge in [0, 0.05) is 18.1 Å². The van der Waals surface area contributed by atoms with Crippen LogP contribution in [0.1, 0.15) is 25.7 Å². The van der Waals surface area contributed by atoms with Crippen LogP contribution in [-0.4, -0.2) is 0 Å². The van der Waals surface area contributed by atoms with Crippen LogP contribution in [0.25, 0.3) is 12.3 Å². The maximum absolute atomic E-state index is 5.82. The molecule has 0 atom stereocenters. The van der Waals surface area contributed by atoms with Crippen molar-refractivity contribution in [1.82, 2.24) is 0 Å². The first-order valence-electron chi connectivity index (χ1n) is 6.41. The van der Waals surface area contributed by atoms with Gasteiger partial charge in [0.15, 0.2) is 0 Å². The molecule has 3 rings (SSSR count). The molecular formula is C16H16O2. The van der Waals surface area contributed by atoms with E-state index in [1.165, 1.54) is 12.8 Å². The van der Waals surface area contributed by atoms with E-state index in [1.807, 2.05) is 30.5 Å². The van der Waals surface area contributed by atoms with E-state index in [2.05, 4.69) is 12.1 Å². The smallest absolute Gasteiger partial charge is 0.141 e. The lowest BCUT2D eigenvalue weighted by atomic mass is 10.0. The van der Waals surface area contributed by atoms with Gasteiger partial charge in [0.2, 0.25) is 0 Å². The largest absolute Gasteiger partial charge is 0.466 e. The van der Waals surface area contributed by atoms with E-state index < -0.39 is 0 Å². The lowest BCUT2D eigenvalue weighted by molar-refractivity contribution is 0.253. The average Bonchev–Trinajstić information content (AvgIpc) is 2.44. The summed E-state index contributed by atoms with van der Waals surface area (Å²) in [7, 11) is 0. The van der Waals surface area contributed by atoms with Crippen molar-refractivity contribution in [3.8, 4) is 0 Å². The molecule has 2 aliphatic rings. The molecule has 0 unspecified atom stereocenters. The Balaban J connectivity index is 2.07. The van der Waals surface area contributed by atoms with E-state index in [0.717, 1.165) is 34.8 Å². The van der Waals surface area contributed by atoms with Gasteiger partial charge in [-0.2, -0.15) is 0 Å². The Morgan fingerprint density at radius 1 is 0.833 bits per heavy atom. The predicted octanol–water partition coefficient (Wildman–Crippen LogP) is 2.55. The molecule has 0 fully saturated rings. The predicted molar refractivity (Wildman–Crippen MR) is 71.4 cm³/mol.